The molecule has 0 saturated carbocycles. The number of nitrogens with zero attached hydrogens (tertiary/aromatic N) is 4. The third kappa shape index (κ3) is 4.92. The highest BCUT2D eigenvalue weighted by Crippen LogP contribution is 2.30. The second kappa shape index (κ2) is 6.86. The third-order valence-electron chi connectivity index (χ3n) is 4.01. The first kappa shape index (κ1) is 17.7. The lowest BCUT2D eigenvalue weighted by atomic mass is 9.90. The first-order valence-electron chi connectivity index (χ1n) is 8.20. The van der Waals surface area contributed by atoms with Gasteiger partial charge in [-0.1, -0.05) is 12.1 Å². The van der Waals surface area contributed by atoms with Crippen LogP contribution in [0.4, 0.5) is 4.79 Å². The van der Waals surface area contributed by atoms with Gasteiger partial charge in [0.2, 0.25) is 0 Å². The molecule has 1 amide bonds. The van der Waals surface area contributed by atoms with Gasteiger partial charge in [-0.25, -0.2) is 4.79 Å². The maximum Gasteiger partial charge on any atom is 0.410 e. The summed E-state index contributed by atoms with van der Waals surface area (Å²) in [6, 6.07) is 0. The number of piperidine rings is 1. The van der Waals surface area contributed by atoms with Crippen molar-refractivity contribution in [3.05, 3.63) is 11.9 Å². The van der Waals surface area contributed by atoms with Gasteiger partial charge in [0, 0.05) is 13.6 Å². The van der Waals surface area contributed by atoms with Crippen molar-refractivity contribution in [2.75, 3.05) is 13.1 Å². The van der Waals surface area contributed by atoms with Crippen LogP contribution in [-0.4, -0.2) is 50.3 Å². The molecule has 0 aliphatic carbocycles. The number of hydrogen-bond donors (Lipinski definition) is 0. The average Bonchev–Trinajstić information content (AvgIpc) is 2.89. The van der Waals surface area contributed by atoms with Crippen LogP contribution in [0.5, 0.6) is 0 Å². The van der Waals surface area contributed by atoms with Crippen molar-refractivity contribution >= 4 is 6.09 Å². The molecule has 2 heterocycles. The smallest absolute Gasteiger partial charge is 0.410 e. The molecule has 0 aromatic carbocycles. The van der Waals surface area contributed by atoms with E-state index in [1.165, 1.54) is 0 Å². The fourth-order valence-corrected chi connectivity index (χ4v) is 2.78. The van der Waals surface area contributed by atoms with Crippen molar-refractivity contribution in [2.45, 2.75) is 64.8 Å². The van der Waals surface area contributed by atoms with Gasteiger partial charge in [0.25, 0.3) is 0 Å². The second-order valence-corrected chi connectivity index (χ2v) is 7.21. The van der Waals surface area contributed by atoms with Crippen molar-refractivity contribution in [1.29, 1.82) is 0 Å². The zero-order valence-electron chi connectivity index (χ0n) is 14.8. The summed E-state index contributed by atoms with van der Waals surface area (Å²) >= 11 is 0. The number of aryl methyl sites for hydroxylation is 1. The van der Waals surface area contributed by atoms with Gasteiger partial charge in [0.15, 0.2) is 0 Å². The number of carbonyl (C=O) groups excluding carboxylic acids is 1. The highest BCUT2D eigenvalue weighted by molar-refractivity contribution is 5.68. The van der Waals surface area contributed by atoms with Crippen LogP contribution in [0.2, 0.25) is 0 Å². The van der Waals surface area contributed by atoms with E-state index in [0.717, 1.165) is 25.0 Å². The Morgan fingerprint density at radius 2 is 2.17 bits per heavy atom. The minimum absolute atomic E-state index is 0.266. The molecule has 1 saturated heterocycles. The Balaban J connectivity index is 1.98. The van der Waals surface area contributed by atoms with E-state index in [0.29, 0.717) is 19.7 Å². The highest BCUT2D eigenvalue weighted by atomic mass is 16.6. The molecule has 1 aromatic heterocycles. The van der Waals surface area contributed by atoms with Crippen LogP contribution in [0.1, 0.15) is 52.7 Å². The lowest BCUT2D eigenvalue weighted by molar-refractivity contribution is -0.102. The van der Waals surface area contributed by atoms with Gasteiger partial charge in [-0.05, 0) is 40.0 Å². The Kier molecular flexibility index (Phi) is 5.29. The predicted octanol–water partition coefficient (Wildman–Crippen LogP) is 2.51. The normalized spacial score (nSPS) is 22.2. The Bertz CT molecular complexity index is 538. The number of carbonyl (C=O) groups is 1. The lowest BCUT2D eigenvalue weighted by Crippen LogP contribution is -2.52. The minimum atomic E-state index is -0.482. The summed E-state index contributed by atoms with van der Waals surface area (Å²) in [7, 11) is 1.83. The number of aromatic nitrogens is 3. The predicted molar refractivity (Wildman–Crippen MR) is 85.9 cm³/mol. The van der Waals surface area contributed by atoms with Crippen LogP contribution in [0.25, 0.3) is 0 Å². The number of rotatable bonds is 4. The highest BCUT2D eigenvalue weighted by Gasteiger charge is 2.38. The molecule has 1 fully saturated rings. The average molecular weight is 324 g/mol. The van der Waals surface area contributed by atoms with Crippen LogP contribution in [0.3, 0.4) is 0 Å². The van der Waals surface area contributed by atoms with E-state index in [-0.39, 0.29) is 11.7 Å². The molecule has 1 aliphatic rings. The van der Waals surface area contributed by atoms with Gasteiger partial charge in [-0.3, -0.25) is 4.68 Å². The van der Waals surface area contributed by atoms with Crippen molar-refractivity contribution in [3.8, 4) is 0 Å². The second-order valence-electron chi connectivity index (χ2n) is 7.21. The standard InChI is InChI=1S/C16H28N4O3/c1-6-16(22-11-13-10-19(5)18-17-13)8-7-9-20(12-16)14(21)23-15(2,3)4/h10H,6-9,11-12H2,1-5H3. The molecule has 1 aliphatic heterocycles. The lowest BCUT2D eigenvalue weighted by Gasteiger charge is -2.42. The van der Waals surface area contributed by atoms with Crippen molar-refractivity contribution in [2.24, 2.45) is 7.05 Å². The third-order valence-corrected chi connectivity index (χ3v) is 4.01. The van der Waals surface area contributed by atoms with Crippen LogP contribution in [-0.2, 0) is 23.1 Å². The molecule has 130 valence electrons. The zero-order chi connectivity index (χ0) is 17.1. The van der Waals surface area contributed by atoms with Crippen molar-refractivity contribution in [3.63, 3.8) is 0 Å². The summed E-state index contributed by atoms with van der Waals surface area (Å²) in [6.45, 7) is 9.41. The summed E-state index contributed by atoms with van der Waals surface area (Å²) in [5, 5.41) is 7.97. The molecule has 2 rings (SSSR count). The van der Waals surface area contributed by atoms with Crippen LogP contribution in [0, 0.1) is 0 Å². The molecule has 1 unspecified atom stereocenters. The summed E-state index contributed by atoms with van der Waals surface area (Å²) in [5.74, 6) is 0. The number of ether oxygens (including phenoxy) is 2. The van der Waals surface area contributed by atoms with Gasteiger partial charge in [-0.2, -0.15) is 0 Å². The molecule has 0 bridgehead atoms. The van der Waals surface area contributed by atoms with Gasteiger partial charge in [0.05, 0.1) is 24.9 Å². The monoisotopic (exact) mass is 324 g/mol. The summed E-state index contributed by atoms with van der Waals surface area (Å²) in [4.78, 5) is 14.1. The molecule has 7 nitrogen and oxygen atoms in total. The molecular weight excluding hydrogens is 296 g/mol. The van der Waals surface area contributed by atoms with Gasteiger partial charge < -0.3 is 14.4 Å². The molecule has 0 radical (unpaired) electrons. The number of hydrogen-bond acceptors (Lipinski definition) is 5. The SMILES string of the molecule is CCC1(OCc2cn(C)nn2)CCCN(C(=O)OC(C)(C)C)C1. The van der Waals surface area contributed by atoms with E-state index in [4.69, 9.17) is 9.47 Å². The van der Waals surface area contributed by atoms with E-state index in [1.54, 1.807) is 9.58 Å². The van der Waals surface area contributed by atoms with E-state index >= 15 is 0 Å². The Morgan fingerprint density at radius 3 is 2.74 bits per heavy atom. The molecule has 0 N–H and O–H groups in total. The summed E-state index contributed by atoms with van der Waals surface area (Å²) in [5.41, 5.74) is -0.0222. The van der Waals surface area contributed by atoms with Crippen molar-refractivity contribution < 1.29 is 14.3 Å². The van der Waals surface area contributed by atoms with Gasteiger partial charge >= 0.3 is 6.09 Å². The molecule has 1 atom stereocenters. The molecule has 7 heteroatoms. The Hall–Kier alpha value is -1.63. The van der Waals surface area contributed by atoms with E-state index < -0.39 is 5.60 Å². The Labute approximate surface area is 137 Å². The van der Waals surface area contributed by atoms with E-state index in [1.807, 2.05) is 34.0 Å². The van der Waals surface area contributed by atoms with Crippen molar-refractivity contribution in [1.82, 2.24) is 19.9 Å². The van der Waals surface area contributed by atoms with Gasteiger partial charge in [0.1, 0.15) is 11.3 Å². The van der Waals surface area contributed by atoms with Crippen LogP contribution in [0.15, 0.2) is 6.20 Å². The van der Waals surface area contributed by atoms with Crippen LogP contribution >= 0.6 is 0 Å². The number of likely N-dealkylation sites (tertiary alicyclic amines) is 1. The fraction of sp³-hybridized carbons (Fsp3) is 0.812. The first-order valence-corrected chi connectivity index (χ1v) is 8.20. The van der Waals surface area contributed by atoms with E-state index in [2.05, 4.69) is 17.2 Å². The molecule has 0 spiro atoms. The number of amides is 1. The van der Waals surface area contributed by atoms with Crippen LogP contribution < -0.4 is 0 Å². The fourth-order valence-electron chi connectivity index (χ4n) is 2.78. The largest absolute Gasteiger partial charge is 0.444 e. The summed E-state index contributed by atoms with van der Waals surface area (Å²) < 4.78 is 13.3. The van der Waals surface area contributed by atoms with Gasteiger partial charge in [-0.15, -0.1) is 5.10 Å². The maximum atomic E-state index is 12.3. The molecule has 23 heavy (non-hydrogen) atoms. The molecular formula is C16H28N4O3. The Morgan fingerprint density at radius 1 is 1.43 bits per heavy atom. The first-order chi connectivity index (χ1) is 10.7. The topological polar surface area (TPSA) is 69.5 Å². The minimum Gasteiger partial charge on any atom is -0.444 e. The van der Waals surface area contributed by atoms with E-state index in [9.17, 15) is 4.79 Å². The maximum absolute atomic E-state index is 12.3. The zero-order valence-corrected chi connectivity index (χ0v) is 14.8. The summed E-state index contributed by atoms with van der Waals surface area (Å²) in [6.07, 6.45) is 4.26. The quantitative estimate of drug-likeness (QED) is 0.851. The molecule has 1 aromatic rings.